The van der Waals surface area contributed by atoms with Crippen molar-refractivity contribution in [3.8, 4) is 32.7 Å². The van der Waals surface area contributed by atoms with Gasteiger partial charge in [-0.25, -0.2) is 0 Å². The van der Waals surface area contributed by atoms with Crippen molar-refractivity contribution < 1.29 is 4.39 Å². The average Bonchev–Trinajstić information content (AvgIpc) is 3.59. The zero-order chi connectivity index (χ0) is 26.2. The molecule has 0 aliphatic heterocycles. The quantitative estimate of drug-likeness (QED) is 0.198. The Kier molecular flexibility index (Phi) is 5.27. The van der Waals surface area contributed by atoms with Crippen molar-refractivity contribution >= 4 is 63.7 Å². The number of fused-ring (bicyclic) bond motifs is 8. The number of hydrogen-bond acceptors (Lipinski definition) is 2. The molecule has 0 N–H and O–H groups in total. The second-order valence-electron chi connectivity index (χ2n) is 11.0. The van der Waals surface area contributed by atoms with E-state index in [4.69, 9.17) is 0 Å². The van der Waals surface area contributed by atoms with Gasteiger partial charge in [0.05, 0.1) is 7.18 Å². The van der Waals surface area contributed by atoms with E-state index in [1.807, 2.05) is 22.7 Å². The van der Waals surface area contributed by atoms with E-state index in [2.05, 4.69) is 112 Å². The fourth-order valence-electron chi connectivity index (χ4n) is 5.89. The van der Waals surface area contributed by atoms with Gasteiger partial charge in [0.15, 0.2) is 0 Å². The summed E-state index contributed by atoms with van der Waals surface area (Å²) >= 11 is 3.84. The van der Waals surface area contributed by atoms with Crippen molar-refractivity contribution in [2.45, 2.75) is 26.2 Å². The Balaban J connectivity index is 0.00000118. The van der Waals surface area contributed by atoms with Crippen molar-refractivity contribution in [2.24, 2.45) is 0 Å². The molecule has 0 nitrogen and oxygen atoms in total. The molecular weight excluding hydrogens is 504 g/mol. The highest BCUT2D eigenvalue weighted by atomic mass is 32.1. The Bertz CT molecular complexity index is 2030. The molecule has 3 heteroatoms. The molecule has 38 heavy (non-hydrogen) atoms. The Morgan fingerprint density at radius 3 is 2.16 bits per heavy atom. The predicted octanol–water partition coefficient (Wildman–Crippen LogP) is 11.6. The lowest BCUT2D eigenvalue weighted by molar-refractivity contribution is 0.591. The van der Waals surface area contributed by atoms with Crippen LogP contribution in [0.5, 0.6) is 0 Å². The second kappa shape index (κ2) is 8.49. The van der Waals surface area contributed by atoms with Crippen LogP contribution in [0.2, 0.25) is 0 Å². The third-order valence-corrected chi connectivity index (χ3v) is 10.1. The Morgan fingerprint density at radius 1 is 0.579 bits per heavy atom. The second-order valence-corrected chi connectivity index (χ2v) is 13.1. The van der Waals surface area contributed by atoms with E-state index in [1.165, 1.54) is 79.3 Å². The van der Waals surface area contributed by atoms with E-state index in [9.17, 15) is 4.39 Å². The summed E-state index contributed by atoms with van der Waals surface area (Å²) in [6.07, 6.45) is 0. The molecule has 1 aliphatic rings. The maximum Gasteiger partial charge on any atom is 0.0785 e. The summed E-state index contributed by atoms with van der Waals surface area (Å²) in [5.41, 5.74) is 8.34. The number of rotatable bonds is 1. The summed E-state index contributed by atoms with van der Waals surface area (Å²) in [5, 5.41) is 6.87. The minimum atomic E-state index is 0.124. The van der Waals surface area contributed by atoms with Crippen LogP contribution >= 0.6 is 22.7 Å². The molecule has 0 spiro atoms. The number of benzene rings is 5. The lowest BCUT2D eigenvalue weighted by atomic mass is 9.84. The van der Waals surface area contributed by atoms with Gasteiger partial charge in [-0.3, -0.25) is 4.39 Å². The smallest absolute Gasteiger partial charge is 0.0785 e. The summed E-state index contributed by atoms with van der Waals surface area (Å²) in [5.74, 6) is 0. The van der Waals surface area contributed by atoms with E-state index < -0.39 is 0 Å². The zero-order valence-corrected chi connectivity index (χ0v) is 23.5. The number of hydrogen-bond donors (Lipinski definition) is 0. The first-order valence-corrected chi connectivity index (χ1v) is 14.5. The zero-order valence-electron chi connectivity index (χ0n) is 21.9. The van der Waals surface area contributed by atoms with Crippen molar-refractivity contribution in [1.29, 1.82) is 0 Å². The van der Waals surface area contributed by atoms with Crippen LogP contribution in [0.3, 0.4) is 0 Å². The van der Waals surface area contributed by atoms with Crippen molar-refractivity contribution in [2.75, 3.05) is 7.18 Å². The minimum Gasteiger partial charge on any atom is -0.255 e. The molecule has 0 unspecified atom stereocenters. The van der Waals surface area contributed by atoms with Crippen LogP contribution in [-0.4, -0.2) is 7.18 Å². The van der Waals surface area contributed by atoms with Crippen LogP contribution in [0.4, 0.5) is 4.39 Å². The molecule has 0 saturated heterocycles. The topological polar surface area (TPSA) is 0 Å². The van der Waals surface area contributed by atoms with Gasteiger partial charge in [-0.15, -0.1) is 22.7 Å². The van der Waals surface area contributed by atoms with Gasteiger partial charge in [-0.05, 0) is 68.8 Å². The summed E-state index contributed by atoms with van der Waals surface area (Å²) in [7, 11) is 0.500. The van der Waals surface area contributed by atoms with Gasteiger partial charge in [0, 0.05) is 46.3 Å². The number of alkyl halides is 1. The first-order chi connectivity index (χ1) is 18.5. The maximum atomic E-state index is 9.50. The van der Waals surface area contributed by atoms with Gasteiger partial charge in [-0.1, -0.05) is 81.4 Å². The minimum absolute atomic E-state index is 0.124. The highest BCUT2D eigenvalue weighted by Crippen LogP contribution is 2.55. The molecule has 0 radical (unpaired) electrons. The van der Waals surface area contributed by atoms with E-state index in [0.29, 0.717) is 7.18 Å². The summed E-state index contributed by atoms with van der Waals surface area (Å²) in [6, 6.07) is 34.4. The number of thiophene rings is 2. The van der Waals surface area contributed by atoms with Crippen molar-refractivity contribution in [3.63, 3.8) is 0 Å². The van der Waals surface area contributed by atoms with Crippen LogP contribution in [0, 0.1) is 0 Å². The highest BCUT2D eigenvalue weighted by molar-refractivity contribution is 7.25. The number of halogens is 1. The van der Waals surface area contributed by atoms with Crippen molar-refractivity contribution in [1.82, 2.24) is 0 Å². The van der Waals surface area contributed by atoms with E-state index in [1.54, 1.807) is 0 Å². The molecule has 0 amide bonds. The summed E-state index contributed by atoms with van der Waals surface area (Å²) in [4.78, 5) is 1.43. The van der Waals surface area contributed by atoms with Gasteiger partial charge in [0.2, 0.25) is 0 Å². The average molecular weight is 531 g/mol. The molecule has 5 aromatic carbocycles. The fourth-order valence-corrected chi connectivity index (χ4v) is 8.25. The first-order valence-electron chi connectivity index (χ1n) is 12.9. The molecule has 1 aliphatic carbocycles. The van der Waals surface area contributed by atoms with Gasteiger partial charge in [0.1, 0.15) is 0 Å². The Labute approximate surface area is 230 Å². The van der Waals surface area contributed by atoms with Gasteiger partial charge >= 0.3 is 0 Å². The molecule has 0 bridgehead atoms. The van der Waals surface area contributed by atoms with Crippen molar-refractivity contribution in [3.05, 3.63) is 96.6 Å². The Morgan fingerprint density at radius 2 is 1.32 bits per heavy atom. The summed E-state index contributed by atoms with van der Waals surface area (Å²) in [6.45, 7) is 6.93. The third kappa shape index (κ3) is 3.38. The van der Waals surface area contributed by atoms with Crippen LogP contribution in [0.25, 0.3) is 73.7 Å². The van der Waals surface area contributed by atoms with Gasteiger partial charge in [-0.2, -0.15) is 0 Å². The Hall–Kier alpha value is -3.53. The molecule has 8 rings (SSSR count). The van der Waals surface area contributed by atoms with Gasteiger partial charge in [0.25, 0.3) is 0 Å². The molecule has 7 aromatic rings. The molecule has 2 heterocycles. The molecule has 2 aromatic heterocycles. The lowest BCUT2D eigenvalue weighted by Gasteiger charge is -2.20. The molecule has 186 valence electrons. The fraction of sp³-hybridized carbons (Fsp3) is 0.143. The predicted molar refractivity (Wildman–Crippen MR) is 168 cm³/mol. The van der Waals surface area contributed by atoms with Crippen LogP contribution in [-0.2, 0) is 5.41 Å². The van der Waals surface area contributed by atoms with E-state index in [0.717, 1.165) is 0 Å². The normalized spacial score (nSPS) is 12.3. The van der Waals surface area contributed by atoms with E-state index in [-0.39, 0.29) is 5.41 Å². The largest absolute Gasteiger partial charge is 0.255 e. The SMILES string of the molecule is CC(C)(C)c1cc2c3c(cccc3c1)-c1c-2sc2ccc(-c3ccc4c(c3)sc3ccccc34)cc12.CF. The van der Waals surface area contributed by atoms with E-state index >= 15 is 0 Å². The molecule has 0 saturated carbocycles. The van der Waals surface area contributed by atoms with Crippen LogP contribution in [0.15, 0.2) is 91.0 Å². The van der Waals surface area contributed by atoms with Crippen LogP contribution < -0.4 is 0 Å². The monoisotopic (exact) mass is 530 g/mol. The van der Waals surface area contributed by atoms with Crippen LogP contribution in [0.1, 0.15) is 26.3 Å². The highest BCUT2D eigenvalue weighted by Gasteiger charge is 2.28. The third-order valence-electron chi connectivity index (χ3n) is 7.76. The lowest BCUT2D eigenvalue weighted by Crippen LogP contribution is -2.10. The first kappa shape index (κ1) is 23.6. The molecular formula is C35H27FS2. The standard InChI is InChI=1S/C34H24S2.CH3F/c1-34(2,3)22-15-21-7-6-9-25-31(21)27(18-22)33-32(25)26-16-19(12-14-29(26)36-33)20-11-13-24-23-8-4-5-10-28(23)35-30(24)17-20;1-2/h4-18H,1-3H3;1H3. The molecule has 0 atom stereocenters. The van der Waals surface area contributed by atoms with Gasteiger partial charge < -0.3 is 0 Å². The summed E-state index contributed by atoms with van der Waals surface area (Å²) < 4.78 is 13.6. The maximum absolute atomic E-state index is 9.50. The molecule has 0 fully saturated rings.